The molecule has 152 valence electrons. The van der Waals surface area contributed by atoms with Crippen LogP contribution in [0.1, 0.15) is 17.5 Å². The Morgan fingerprint density at radius 3 is 2.69 bits per heavy atom. The number of ether oxygens (including phenoxy) is 1. The maximum atomic E-state index is 12.3. The number of nitrogens with one attached hydrogen (secondary N) is 1. The number of halogens is 1. The molecule has 7 heteroatoms. The smallest absolute Gasteiger partial charge is 0.311 e. The van der Waals surface area contributed by atoms with Gasteiger partial charge in [-0.15, -0.1) is 0 Å². The third-order valence-corrected chi connectivity index (χ3v) is 5.36. The summed E-state index contributed by atoms with van der Waals surface area (Å²) in [5.74, 6) is -1.59. The molecule has 0 unspecified atom stereocenters. The van der Waals surface area contributed by atoms with Gasteiger partial charge in [-0.1, -0.05) is 48.0 Å². The van der Waals surface area contributed by atoms with E-state index in [2.05, 4.69) is 5.32 Å². The third-order valence-electron chi connectivity index (χ3n) is 4.95. The average Bonchev–Trinajstić information content (AvgIpc) is 3.09. The van der Waals surface area contributed by atoms with Gasteiger partial charge in [0.15, 0.2) is 6.61 Å². The zero-order valence-electron chi connectivity index (χ0n) is 16.2. The van der Waals surface area contributed by atoms with Crippen molar-refractivity contribution in [2.75, 3.05) is 25.0 Å². The summed E-state index contributed by atoms with van der Waals surface area (Å²) in [6.07, 6.45) is 0.846. The standard InChI is InChI=1S/C22H23ClN2O4/c1-15-18(23)8-5-9-19(15)24-20(26)14-29-22(28)17-12-21(27)25(13-17)11-10-16-6-3-2-4-7-16/h2-9,17H,10-14H2,1H3,(H,24,26)/t17-/m0/s1. The summed E-state index contributed by atoms with van der Waals surface area (Å²) in [6, 6.07) is 15.0. The van der Waals surface area contributed by atoms with E-state index in [1.807, 2.05) is 30.3 Å². The Morgan fingerprint density at radius 2 is 1.93 bits per heavy atom. The number of carbonyl (C=O) groups is 3. The molecular weight excluding hydrogens is 392 g/mol. The first-order valence-corrected chi connectivity index (χ1v) is 9.85. The fraction of sp³-hybridized carbons (Fsp3) is 0.318. The second-order valence-corrected chi connectivity index (χ2v) is 7.45. The molecule has 0 saturated carbocycles. The van der Waals surface area contributed by atoms with Crippen LogP contribution in [0.25, 0.3) is 0 Å². The molecule has 0 bridgehead atoms. The monoisotopic (exact) mass is 414 g/mol. The molecule has 1 aliphatic rings. The first-order chi connectivity index (χ1) is 13.9. The van der Waals surface area contributed by atoms with Crippen molar-refractivity contribution in [3.05, 3.63) is 64.7 Å². The van der Waals surface area contributed by atoms with Crippen LogP contribution in [-0.4, -0.2) is 42.4 Å². The molecule has 1 fully saturated rings. The van der Waals surface area contributed by atoms with E-state index in [1.54, 1.807) is 30.0 Å². The number of likely N-dealkylation sites (tertiary alicyclic amines) is 1. The highest BCUT2D eigenvalue weighted by Gasteiger charge is 2.35. The van der Waals surface area contributed by atoms with E-state index in [9.17, 15) is 14.4 Å². The second-order valence-electron chi connectivity index (χ2n) is 7.04. The maximum absolute atomic E-state index is 12.3. The van der Waals surface area contributed by atoms with Gasteiger partial charge < -0.3 is 15.0 Å². The number of hydrogen-bond acceptors (Lipinski definition) is 4. The number of anilines is 1. The predicted octanol–water partition coefficient (Wildman–Crippen LogP) is 3.22. The summed E-state index contributed by atoms with van der Waals surface area (Å²) in [4.78, 5) is 38.2. The van der Waals surface area contributed by atoms with E-state index in [0.717, 1.165) is 17.5 Å². The molecule has 2 amide bonds. The zero-order valence-corrected chi connectivity index (χ0v) is 16.9. The lowest BCUT2D eigenvalue weighted by molar-refractivity contribution is -0.151. The highest BCUT2D eigenvalue weighted by molar-refractivity contribution is 6.31. The van der Waals surface area contributed by atoms with Crippen LogP contribution in [0, 0.1) is 12.8 Å². The van der Waals surface area contributed by atoms with Crippen LogP contribution >= 0.6 is 11.6 Å². The Labute approximate surface area is 174 Å². The lowest BCUT2D eigenvalue weighted by atomic mass is 10.1. The van der Waals surface area contributed by atoms with Crippen molar-refractivity contribution in [2.24, 2.45) is 5.92 Å². The highest BCUT2D eigenvalue weighted by Crippen LogP contribution is 2.23. The lowest BCUT2D eigenvalue weighted by Crippen LogP contribution is -2.29. The van der Waals surface area contributed by atoms with Crippen LogP contribution < -0.4 is 5.32 Å². The predicted molar refractivity (Wildman–Crippen MR) is 111 cm³/mol. The zero-order chi connectivity index (χ0) is 20.8. The van der Waals surface area contributed by atoms with Crippen molar-refractivity contribution in [1.82, 2.24) is 4.90 Å². The van der Waals surface area contributed by atoms with E-state index in [1.165, 1.54) is 0 Å². The SMILES string of the molecule is Cc1c(Cl)cccc1NC(=O)COC(=O)[C@H]1CC(=O)N(CCc2ccccc2)C1. The number of nitrogens with zero attached hydrogens (tertiary/aromatic N) is 1. The molecule has 1 heterocycles. The molecule has 1 N–H and O–H groups in total. The minimum absolute atomic E-state index is 0.0677. The largest absolute Gasteiger partial charge is 0.455 e. The fourth-order valence-electron chi connectivity index (χ4n) is 3.24. The second kappa shape index (κ2) is 9.56. The molecule has 1 saturated heterocycles. The molecule has 0 aromatic heterocycles. The van der Waals surface area contributed by atoms with Crippen molar-refractivity contribution in [3.8, 4) is 0 Å². The summed E-state index contributed by atoms with van der Waals surface area (Å²) in [5, 5.41) is 3.22. The van der Waals surface area contributed by atoms with Crippen molar-refractivity contribution < 1.29 is 19.1 Å². The highest BCUT2D eigenvalue weighted by atomic mass is 35.5. The van der Waals surface area contributed by atoms with E-state index in [4.69, 9.17) is 16.3 Å². The lowest BCUT2D eigenvalue weighted by Gasteiger charge is -2.16. The quantitative estimate of drug-likeness (QED) is 0.706. The number of amides is 2. The first-order valence-electron chi connectivity index (χ1n) is 9.47. The molecule has 1 aliphatic heterocycles. The molecule has 1 atom stereocenters. The topological polar surface area (TPSA) is 75.7 Å². The molecule has 0 spiro atoms. The summed E-state index contributed by atoms with van der Waals surface area (Å²) < 4.78 is 5.13. The summed E-state index contributed by atoms with van der Waals surface area (Å²) in [7, 11) is 0. The van der Waals surface area contributed by atoms with Crippen molar-refractivity contribution in [2.45, 2.75) is 19.8 Å². The number of esters is 1. The van der Waals surface area contributed by atoms with Gasteiger partial charge in [-0.3, -0.25) is 14.4 Å². The van der Waals surface area contributed by atoms with E-state index in [0.29, 0.717) is 23.8 Å². The molecular formula is C22H23ClN2O4. The Morgan fingerprint density at radius 1 is 1.17 bits per heavy atom. The van der Waals surface area contributed by atoms with E-state index >= 15 is 0 Å². The van der Waals surface area contributed by atoms with Gasteiger partial charge in [0, 0.05) is 30.2 Å². The van der Waals surface area contributed by atoms with Gasteiger partial charge in [0.25, 0.3) is 5.91 Å². The number of hydrogen-bond donors (Lipinski definition) is 1. The van der Waals surface area contributed by atoms with Gasteiger partial charge in [0.1, 0.15) is 0 Å². The Bertz CT molecular complexity index is 901. The minimum Gasteiger partial charge on any atom is -0.455 e. The van der Waals surface area contributed by atoms with Gasteiger partial charge in [-0.25, -0.2) is 0 Å². The molecule has 2 aromatic carbocycles. The first kappa shape index (κ1) is 20.9. The molecule has 3 rings (SSSR count). The van der Waals surface area contributed by atoms with Crippen LogP contribution in [0.15, 0.2) is 48.5 Å². The number of benzene rings is 2. The van der Waals surface area contributed by atoms with Crippen LogP contribution in [0.5, 0.6) is 0 Å². The van der Waals surface area contributed by atoms with Crippen LogP contribution in [0.4, 0.5) is 5.69 Å². The van der Waals surface area contributed by atoms with E-state index < -0.39 is 24.4 Å². The van der Waals surface area contributed by atoms with Crippen LogP contribution in [0.3, 0.4) is 0 Å². The minimum atomic E-state index is -0.543. The van der Waals surface area contributed by atoms with Gasteiger partial charge in [0.2, 0.25) is 5.91 Å². The van der Waals surface area contributed by atoms with Gasteiger partial charge in [-0.05, 0) is 36.6 Å². The summed E-state index contributed by atoms with van der Waals surface area (Å²) in [6.45, 7) is 2.26. The van der Waals surface area contributed by atoms with Crippen molar-refractivity contribution >= 4 is 35.1 Å². The molecule has 2 aromatic rings. The number of rotatable bonds is 7. The maximum Gasteiger partial charge on any atom is 0.311 e. The van der Waals surface area contributed by atoms with Crippen molar-refractivity contribution in [3.63, 3.8) is 0 Å². The Kier molecular flexibility index (Phi) is 6.88. The third kappa shape index (κ3) is 5.57. The van der Waals surface area contributed by atoms with Crippen LogP contribution in [0.2, 0.25) is 5.02 Å². The summed E-state index contributed by atoms with van der Waals surface area (Å²) in [5.41, 5.74) is 2.45. The molecule has 0 aliphatic carbocycles. The Hall–Kier alpha value is -2.86. The average molecular weight is 415 g/mol. The normalized spacial score (nSPS) is 16.0. The fourth-order valence-corrected chi connectivity index (χ4v) is 3.41. The molecule has 29 heavy (non-hydrogen) atoms. The molecule has 0 radical (unpaired) electrons. The number of carbonyl (C=O) groups excluding carboxylic acids is 3. The molecule has 6 nitrogen and oxygen atoms in total. The Balaban J connectivity index is 1.45. The van der Waals surface area contributed by atoms with Gasteiger partial charge in [-0.2, -0.15) is 0 Å². The van der Waals surface area contributed by atoms with Gasteiger partial charge in [0.05, 0.1) is 5.92 Å². The van der Waals surface area contributed by atoms with E-state index in [-0.39, 0.29) is 12.3 Å². The van der Waals surface area contributed by atoms with Gasteiger partial charge >= 0.3 is 5.97 Å². The van der Waals surface area contributed by atoms with Crippen molar-refractivity contribution in [1.29, 1.82) is 0 Å². The van der Waals surface area contributed by atoms with Crippen LogP contribution in [-0.2, 0) is 25.5 Å². The summed E-state index contributed by atoms with van der Waals surface area (Å²) >= 11 is 6.03.